The molecule has 0 saturated carbocycles. The van der Waals surface area contributed by atoms with Crippen LogP contribution in [0.5, 0.6) is 0 Å². The number of nitrogens with one attached hydrogen (secondary N) is 1. The van der Waals surface area contributed by atoms with Crippen molar-refractivity contribution in [3.05, 3.63) is 65.0 Å². The van der Waals surface area contributed by atoms with Crippen molar-refractivity contribution in [2.75, 3.05) is 25.4 Å². The number of carbonyl (C=O) groups is 1. The Morgan fingerprint density at radius 3 is 2.52 bits per heavy atom. The van der Waals surface area contributed by atoms with Crippen molar-refractivity contribution in [2.45, 2.75) is 30.4 Å². The van der Waals surface area contributed by atoms with Gasteiger partial charge in [-0.25, -0.2) is 12.8 Å². The number of nitrogens with zero attached hydrogens (tertiary/aromatic N) is 1. The van der Waals surface area contributed by atoms with Gasteiger partial charge in [0.15, 0.2) is 0 Å². The van der Waals surface area contributed by atoms with Gasteiger partial charge in [-0.3, -0.25) is 4.79 Å². The Balaban J connectivity index is 1.55. The first-order valence-electron chi connectivity index (χ1n) is 9.59. The maximum absolute atomic E-state index is 14.2. The molecule has 1 amide bonds. The lowest BCUT2D eigenvalue weighted by molar-refractivity contribution is 0.0956. The largest absolute Gasteiger partial charge is 0.351 e. The Morgan fingerprint density at radius 1 is 1.14 bits per heavy atom. The van der Waals surface area contributed by atoms with E-state index in [2.05, 4.69) is 29.6 Å². The summed E-state index contributed by atoms with van der Waals surface area (Å²) in [7, 11) is -3.91. The average Bonchev–Trinajstić information content (AvgIpc) is 3.25. The van der Waals surface area contributed by atoms with E-state index in [0.29, 0.717) is 19.6 Å². The van der Waals surface area contributed by atoms with Crippen molar-refractivity contribution in [2.24, 2.45) is 0 Å². The first kappa shape index (κ1) is 21.8. The summed E-state index contributed by atoms with van der Waals surface area (Å²) in [5, 5.41) is 2.77. The minimum absolute atomic E-state index is 0.146. The fraction of sp³-hybridized carbons (Fsp3) is 0.381. The molecule has 5 nitrogen and oxygen atoms in total. The zero-order chi connectivity index (χ0) is 20.9. The second-order valence-electron chi connectivity index (χ2n) is 7.05. The van der Waals surface area contributed by atoms with E-state index in [0.717, 1.165) is 36.5 Å². The lowest BCUT2D eigenvalue weighted by Crippen LogP contribution is -2.30. The molecule has 1 N–H and O–H groups in total. The lowest BCUT2D eigenvalue weighted by atomic mass is 10.2. The average molecular weight is 437 g/mol. The van der Waals surface area contributed by atoms with E-state index in [-0.39, 0.29) is 5.56 Å². The lowest BCUT2D eigenvalue weighted by Gasteiger charge is -2.16. The van der Waals surface area contributed by atoms with Crippen molar-refractivity contribution in [1.29, 1.82) is 0 Å². The molecule has 0 unspecified atom stereocenters. The van der Waals surface area contributed by atoms with Crippen LogP contribution in [0.3, 0.4) is 0 Å². The summed E-state index contributed by atoms with van der Waals surface area (Å²) in [5.41, 5.74) is 2.59. The summed E-state index contributed by atoms with van der Waals surface area (Å²) < 4.78 is 40.7. The summed E-state index contributed by atoms with van der Waals surface area (Å²) in [5.74, 6) is 0.339. The van der Waals surface area contributed by atoms with Gasteiger partial charge in [0.1, 0.15) is 10.7 Å². The first-order chi connectivity index (χ1) is 13.9. The van der Waals surface area contributed by atoms with Gasteiger partial charge in [-0.05, 0) is 43.5 Å². The van der Waals surface area contributed by atoms with E-state index >= 15 is 0 Å². The van der Waals surface area contributed by atoms with Crippen LogP contribution in [0, 0.1) is 12.7 Å². The fourth-order valence-corrected chi connectivity index (χ4v) is 5.55. The van der Waals surface area contributed by atoms with Crippen molar-refractivity contribution in [1.82, 2.24) is 9.62 Å². The van der Waals surface area contributed by atoms with Crippen LogP contribution in [0.2, 0.25) is 0 Å². The van der Waals surface area contributed by atoms with Crippen molar-refractivity contribution < 1.29 is 17.6 Å². The number of benzene rings is 2. The van der Waals surface area contributed by atoms with Crippen LogP contribution in [0.4, 0.5) is 4.39 Å². The predicted octanol–water partition coefficient (Wildman–Crippen LogP) is 3.58. The zero-order valence-corrected chi connectivity index (χ0v) is 18.0. The second kappa shape index (κ2) is 9.73. The molecule has 0 spiro atoms. The van der Waals surface area contributed by atoms with Crippen molar-refractivity contribution in [3.63, 3.8) is 0 Å². The Labute approximate surface area is 175 Å². The number of thioether (sulfide) groups is 1. The van der Waals surface area contributed by atoms with Gasteiger partial charge in [0, 0.05) is 36.7 Å². The van der Waals surface area contributed by atoms with E-state index in [1.165, 1.54) is 21.5 Å². The third kappa shape index (κ3) is 5.58. The van der Waals surface area contributed by atoms with Crippen molar-refractivity contribution >= 4 is 27.7 Å². The summed E-state index contributed by atoms with van der Waals surface area (Å²) in [6, 6.07) is 11.8. The normalized spacial score (nSPS) is 14.8. The smallest absolute Gasteiger partial charge is 0.251 e. The highest BCUT2D eigenvalue weighted by atomic mass is 32.2. The zero-order valence-electron chi connectivity index (χ0n) is 16.4. The summed E-state index contributed by atoms with van der Waals surface area (Å²) >= 11 is 1.70. The molecule has 0 atom stereocenters. The number of halogens is 1. The van der Waals surface area contributed by atoms with E-state index in [1.807, 2.05) is 6.92 Å². The number of amides is 1. The van der Waals surface area contributed by atoms with E-state index in [9.17, 15) is 17.6 Å². The number of hydrogen-bond acceptors (Lipinski definition) is 4. The quantitative estimate of drug-likeness (QED) is 0.643. The molecule has 3 rings (SSSR count). The number of hydrogen-bond donors (Lipinski definition) is 1. The Bertz CT molecular complexity index is 956. The van der Waals surface area contributed by atoms with Crippen LogP contribution in [0.25, 0.3) is 0 Å². The molecule has 156 valence electrons. The minimum atomic E-state index is -3.91. The topological polar surface area (TPSA) is 66.5 Å². The van der Waals surface area contributed by atoms with Crippen LogP contribution in [-0.2, 0) is 15.8 Å². The summed E-state index contributed by atoms with van der Waals surface area (Å²) in [4.78, 5) is 11.9. The van der Waals surface area contributed by atoms with Gasteiger partial charge >= 0.3 is 0 Å². The predicted molar refractivity (Wildman–Crippen MR) is 114 cm³/mol. The van der Waals surface area contributed by atoms with Crippen LogP contribution < -0.4 is 5.32 Å². The van der Waals surface area contributed by atoms with Gasteiger partial charge in [-0.1, -0.05) is 29.8 Å². The molecule has 1 fully saturated rings. The molecule has 0 radical (unpaired) electrons. The third-order valence-corrected chi connectivity index (χ3v) is 7.74. The Morgan fingerprint density at radius 2 is 1.83 bits per heavy atom. The number of aryl methyl sites for hydroxylation is 1. The van der Waals surface area contributed by atoms with Gasteiger partial charge in [0.25, 0.3) is 5.91 Å². The maximum atomic E-state index is 14.2. The first-order valence-corrected chi connectivity index (χ1v) is 12.2. The van der Waals surface area contributed by atoms with E-state index < -0.39 is 26.6 Å². The highest BCUT2D eigenvalue weighted by Crippen LogP contribution is 2.24. The third-order valence-electron chi connectivity index (χ3n) is 4.80. The Kier molecular flexibility index (Phi) is 7.32. The van der Waals surface area contributed by atoms with Crippen LogP contribution in [0.15, 0.2) is 47.4 Å². The molecule has 2 aromatic rings. The highest BCUT2D eigenvalue weighted by molar-refractivity contribution is 7.98. The van der Waals surface area contributed by atoms with Gasteiger partial charge in [0.05, 0.1) is 0 Å². The molecule has 0 aliphatic carbocycles. The van der Waals surface area contributed by atoms with Gasteiger partial charge < -0.3 is 5.32 Å². The molecule has 2 aromatic carbocycles. The number of carbonyl (C=O) groups excluding carboxylic acids is 1. The monoisotopic (exact) mass is 436 g/mol. The van der Waals surface area contributed by atoms with Gasteiger partial charge in [0.2, 0.25) is 10.0 Å². The molecule has 29 heavy (non-hydrogen) atoms. The highest BCUT2D eigenvalue weighted by Gasteiger charge is 2.30. The van der Waals surface area contributed by atoms with E-state index in [1.54, 1.807) is 11.8 Å². The molecular formula is C21H25FN2O3S2. The molecule has 0 bridgehead atoms. The molecular weight excluding hydrogens is 411 g/mol. The van der Waals surface area contributed by atoms with E-state index in [4.69, 9.17) is 0 Å². The molecule has 8 heteroatoms. The van der Waals surface area contributed by atoms with Crippen LogP contribution in [0.1, 0.15) is 34.3 Å². The molecule has 1 saturated heterocycles. The number of rotatable bonds is 8. The second-order valence-corrected chi connectivity index (χ2v) is 10.1. The fourth-order valence-electron chi connectivity index (χ4n) is 3.12. The van der Waals surface area contributed by atoms with Gasteiger partial charge in [-0.2, -0.15) is 16.1 Å². The summed E-state index contributed by atoms with van der Waals surface area (Å²) in [6.07, 6.45) is 1.53. The SMILES string of the molecule is Cc1ccc(CSCCNC(=O)c2ccc(F)c(S(=O)(=O)N3CCCC3)c2)cc1. The summed E-state index contributed by atoms with van der Waals surface area (Å²) in [6.45, 7) is 3.26. The number of sulfonamides is 1. The maximum Gasteiger partial charge on any atom is 0.251 e. The molecule has 0 aromatic heterocycles. The minimum Gasteiger partial charge on any atom is -0.351 e. The molecule has 1 heterocycles. The standard InChI is InChI=1S/C21H25FN2O3S2/c1-16-4-6-17(7-5-16)15-28-13-10-23-21(25)18-8-9-19(22)20(14-18)29(26,27)24-11-2-3-12-24/h4-9,14H,2-3,10-13,15H2,1H3,(H,23,25). The van der Waals surface area contributed by atoms with Crippen LogP contribution in [-0.4, -0.2) is 44.0 Å². The van der Waals surface area contributed by atoms with Gasteiger partial charge in [-0.15, -0.1) is 0 Å². The van der Waals surface area contributed by atoms with Crippen LogP contribution >= 0.6 is 11.8 Å². The molecule has 1 aliphatic rings. The Hall–Kier alpha value is -1.90. The molecule has 1 aliphatic heterocycles. The van der Waals surface area contributed by atoms with Crippen molar-refractivity contribution in [3.8, 4) is 0 Å².